The Bertz CT molecular complexity index is 271. The molecule has 0 aromatic rings. The van der Waals surface area contributed by atoms with Crippen LogP contribution in [0.15, 0.2) is 0 Å². The maximum absolute atomic E-state index is 10.1. The summed E-state index contributed by atoms with van der Waals surface area (Å²) in [6, 6.07) is 0. The van der Waals surface area contributed by atoms with Gasteiger partial charge in [0.1, 0.15) is 0 Å². The van der Waals surface area contributed by atoms with E-state index in [0.29, 0.717) is 6.54 Å². The number of aliphatic hydroxyl groups excluding tert-OH is 1. The number of aliphatic hydroxyl groups is 1. The van der Waals surface area contributed by atoms with Crippen molar-refractivity contribution in [1.29, 1.82) is 0 Å². The maximum atomic E-state index is 10.1. The minimum absolute atomic E-state index is 0.104. The highest BCUT2D eigenvalue weighted by atomic mass is 28.4. The predicted octanol–water partition coefficient (Wildman–Crippen LogP) is 2.37. The van der Waals surface area contributed by atoms with Crippen LogP contribution in [0.25, 0.3) is 0 Å². The molecule has 1 aliphatic heterocycles. The molecular formula is C13H29NO2Si. The highest BCUT2D eigenvalue weighted by Crippen LogP contribution is 2.40. The smallest absolute Gasteiger partial charge is 0.192 e. The van der Waals surface area contributed by atoms with Crippen LogP contribution >= 0.6 is 0 Å². The second-order valence-corrected chi connectivity index (χ2v) is 12.1. The van der Waals surface area contributed by atoms with Crippen molar-refractivity contribution in [2.24, 2.45) is 5.41 Å². The van der Waals surface area contributed by atoms with Gasteiger partial charge in [-0.25, -0.2) is 0 Å². The lowest BCUT2D eigenvalue weighted by Crippen LogP contribution is -2.60. The molecule has 0 spiro atoms. The summed E-state index contributed by atoms with van der Waals surface area (Å²) in [4.78, 5) is 0. The molecule has 0 aromatic carbocycles. The number of hydrogen-bond acceptors (Lipinski definition) is 3. The third-order valence-electron chi connectivity index (χ3n) is 4.60. The molecule has 1 aliphatic rings. The van der Waals surface area contributed by atoms with Crippen LogP contribution in [0.2, 0.25) is 18.1 Å². The SMILES string of the molecule is CC1(C)C(O)CNCC1O[Si](C)(C)C(C)(C)C. The third kappa shape index (κ3) is 3.11. The molecule has 102 valence electrons. The highest BCUT2D eigenvalue weighted by Gasteiger charge is 2.46. The minimum atomic E-state index is -1.76. The summed E-state index contributed by atoms with van der Waals surface area (Å²) in [5.74, 6) is 0. The standard InChI is InChI=1S/C13H29NO2Si/c1-12(2,3)17(6,7)16-11-9-14-8-10(15)13(11,4)5/h10-11,14-15H,8-9H2,1-7H3. The first kappa shape index (κ1) is 15.2. The largest absolute Gasteiger partial charge is 0.412 e. The van der Waals surface area contributed by atoms with Crippen LogP contribution in [0, 0.1) is 5.41 Å². The van der Waals surface area contributed by atoms with Crippen LogP contribution in [0.5, 0.6) is 0 Å². The van der Waals surface area contributed by atoms with E-state index in [1.807, 2.05) is 0 Å². The first-order valence-electron chi connectivity index (χ1n) is 6.55. The molecule has 0 amide bonds. The number of β-amino-alcohol motifs (C(OH)–C–C–N with tert-alkyl or cyclic N) is 1. The molecule has 4 heteroatoms. The van der Waals surface area contributed by atoms with E-state index in [4.69, 9.17) is 4.43 Å². The lowest BCUT2D eigenvalue weighted by atomic mass is 9.78. The molecule has 0 saturated carbocycles. The fourth-order valence-corrected chi connectivity index (χ4v) is 3.27. The van der Waals surface area contributed by atoms with Crippen molar-refractivity contribution < 1.29 is 9.53 Å². The van der Waals surface area contributed by atoms with Crippen LogP contribution in [-0.2, 0) is 4.43 Å². The van der Waals surface area contributed by atoms with Crippen LogP contribution in [-0.4, -0.2) is 38.7 Å². The Morgan fingerprint density at radius 1 is 1.24 bits per heavy atom. The van der Waals surface area contributed by atoms with Gasteiger partial charge in [0.15, 0.2) is 8.32 Å². The Labute approximate surface area is 107 Å². The van der Waals surface area contributed by atoms with Gasteiger partial charge in [-0.1, -0.05) is 34.6 Å². The van der Waals surface area contributed by atoms with Gasteiger partial charge in [0, 0.05) is 18.5 Å². The zero-order chi connectivity index (χ0) is 13.5. The van der Waals surface area contributed by atoms with E-state index in [1.165, 1.54) is 0 Å². The Kier molecular flexibility index (Phi) is 4.14. The summed E-state index contributed by atoms with van der Waals surface area (Å²) >= 11 is 0. The molecule has 1 rings (SSSR count). The van der Waals surface area contributed by atoms with E-state index < -0.39 is 8.32 Å². The molecule has 0 aromatic heterocycles. The molecule has 1 heterocycles. The first-order chi connectivity index (χ1) is 7.48. The Hall–Kier alpha value is 0.0969. The van der Waals surface area contributed by atoms with E-state index in [9.17, 15) is 5.11 Å². The lowest BCUT2D eigenvalue weighted by Gasteiger charge is -2.48. The van der Waals surface area contributed by atoms with Crippen molar-refractivity contribution in [3.8, 4) is 0 Å². The second kappa shape index (κ2) is 4.65. The summed E-state index contributed by atoms with van der Waals surface area (Å²) in [7, 11) is -1.76. The maximum Gasteiger partial charge on any atom is 0.192 e. The molecule has 0 radical (unpaired) electrons. The topological polar surface area (TPSA) is 41.5 Å². The van der Waals surface area contributed by atoms with Crippen molar-refractivity contribution in [3.63, 3.8) is 0 Å². The van der Waals surface area contributed by atoms with Gasteiger partial charge in [-0.15, -0.1) is 0 Å². The van der Waals surface area contributed by atoms with Crippen molar-refractivity contribution >= 4 is 8.32 Å². The number of piperidine rings is 1. The van der Waals surface area contributed by atoms with E-state index >= 15 is 0 Å². The fraction of sp³-hybridized carbons (Fsp3) is 1.00. The average Bonchev–Trinajstić information content (AvgIpc) is 2.11. The molecule has 1 fully saturated rings. The third-order valence-corrected chi connectivity index (χ3v) is 9.09. The molecule has 2 N–H and O–H groups in total. The van der Waals surface area contributed by atoms with Gasteiger partial charge in [-0.3, -0.25) is 0 Å². The van der Waals surface area contributed by atoms with Gasteiger partial charge in [-0.05, 0) is 18.1 Å². The van der Waals surface area contributed by atoms with Gasteiger partial charge in [-0.2, -0.15) is 0 Å². The monoisotopic (exact) mass is 259 g/mol. The van der Waals surface area contributed by atoms with Crippen molar-refractivity contribution in [2.45, 2.75) is 65.0 Å². The summed E-state index contributed by atoms with van der Waals surface area (Å²) < 4.78 is 6.45. The van der Waals surface area contributed by atoms with Gasteiger partial charge < -0.3 is 14.8 Å². The van der Waals surface area contributed by atoms with Crippen LogP contribution < -0.4 is 5.32 Å². The van der Waals surface area contributed by atoms with Crippen molar-refractivity contribution in [2.75, 3.05) is 13.1 Å². The summed E-state index contributed by atoms with van der Waals surface area (Å²) in [5, 5.41) is 13.6. The van der Waals surface area contributed by atoms with Gasteiger partial charge in [0.05, 0.1) is 12.2 Å². The Morgan fingerprint density at radius 3 is 2.24 bits per heavy atom. The Morgan fingerprint density at radius 2 is 1.76 bits per heavy atom. The zero-order valence-electron chi connectivity index (χ0n) is 12.4. The molecule has 1 saturated heterocycles. The van der Waals surface area contributed by atoms with Gasteiger partial charge >= 0.3 is 0 Å². The van der Waals surface area contributed by atoms with Crippen molar-refractivity contribution in [3.05, 3.63) is 0 Å². The van der Waals surface area contributed by atoms with E-state index in [0.717, 1.165) is 6.54 Å². The summed E-state index contributed by atoms with van der Waals surface area (Å²) in [5.41, 5.74) is -0.166. The normalized spacial score (nSPS) is 30.4. The molecule has 0 bridgehead atoms. The molecule has 17 heavy (non-hydrogen) atoms. The van der Waals surface area contributed by atoms with Crippen LogP contribution in [0.3, 0.4) is 0 Å². The minimum Gasteiger partial charge on any atom is -0.412 e. The lowest BCUT2D eigenvalue weighted by molar-refractivity contribution is -0.0609. The van der Waals surface area contributed by atoms with E-state index in [2.05, 4.69) is 53.0 Å². The number of rotatable bonds is 2. The number of hydrogen-bond donors (Lipinski definition) is 2. The van der Waals surface area contributed by atoms with Gasteiger partial charge in [0.2, 0.25) is 0 Å². The van der Waals surface area contributed by atoms with Crippen LogP contribution in [0.1, 0.15) is 34.6 Å². The highest BCUT2D eigenvalue weighted by molar-refractivity contribution is 6.74. The predicted molar refractivity (Wildman–Crippen MR) is 74.7 cm³/mol. The van der Waals surface area contributed by atoms with Gasteiger partial charge in [0.25, 0.3) is 0 Å². The fourth-order valence-electron chi connectivity index (χ4n) is 1.82. The second-order valence-electron chi connectivity index (χ2n) is 7.36. The molecule has 0 aliphatic carbocycles. The zero-order valence-corrected chi connectivity index (χ0v) is 13.4. The number of nitrogens with one attached hydrogen (secondary N) is 1. The molecule has 2 unspecified atom stereocenters. The summed E-state index contributed by atoms with van der Waals surface area (Å²) in [6.07, 6.45) is -0.224. The molecule has 3 nitrogen and oxygen atoms in total. The first-order valence-corrected chi connectivity index (χ1v) is 9.46. The quantitative estimate of drug-likeness (QED) is 0.748. The molecular weight excluding hydrogens is 230 g/mol. The molecule has 2 atom stereocenters. The van der Waals surface area contributed by atoms with Crippen LogP contribution in [0.4, 0.5) is 0 Å². The Balaban J connectivity index is 2.81. The van der Waals surface area contributed by atoms with E-state index in [-0.39, 0.29) is 22.7 Å². The van der Waals surface area contributed by atoms with Crippen molar-refractivity contribution in [1.82, 2.24) is 5.32 Å². The average molecular weight is 259 g/mol. The van der Waals surface area contributed by atoms with E-state index in [1.54, 1.807) is 0 Å². The summed E-state index contributed by atoms with van der Waals surface area (Å²) in [6.45, 7) is 17.0.